The van der Waals surface area contributed by atoms with E-state index in [1.54, 1.807) is 0 Å². The number of imidazole rings is 1. The van der Waals surface area contributed by atoms with E-state index in [0.717, 1.165) is 78.6 Å². The van der Waals surface area contributed by atoms with Gasteiger partial charge >= 0.3 is 0 Å². The maximum Gasteiger partial charge on any atom is 0.269 e. The molecule has 0 saturated heterocycles. The van der Waals surface area contributed by atoms with Crippen molar-refractivity contribution in [2.45, 2.75) is 110 Å². The molecule has 0 aliphatic heterocycles. The average molecular weight is 1100 g/mol. The van der Waals surface area contributed by atoms with Crippen LogP contribution in [0.25, 0.3) is 61.3 Å². The van der Waals surface area contributed by atoms with E-state index in [1.807, 2.05) is 6.20 Å². The minimum absolute atomic E-state index is 0.0694. The van der Waals surface area contributed by atoms with Crippen LogP contribution in [-0.4, -0.2) is 14.1 Å². The van der Waals surface area contributed by atoms with Crippen molar-refractivity contribution in [3.63, 3.8) is 0 Å². The zero-order chi connectivity index (χ0) is 58.8. The summed E-state index contributed by atoms with van der Waals surface area (Å²) >= 11 is 0. The summed E-state index contributed by atoms with van der Waals surface area (Å²) in [5, 5.41) is 2.28. The summed E-state index contributed by atoms with van der Waals surface area (Å²) in [6, 6.07) is 85.9. The molecule has 0 aliphatic rings. The van der Waals surface area contributed by atoms with Gasteiger partial charge in [-0.15, -0.1) is 0 Å². The summed E-state index contributed by atoms with van der Waals surface area (Å²) in [5.41, 5.74) is 16.5. The van der Waals surface area contributed by atoms with E-state index >= 15 is 0 Å². The lowest BCUT2D eigenvalue weighted by molar-refractivity contribution is -0.611. The minimum Gasteiger partial charge on any atom is -0.458 e. The van der Waals surface area contributed by atoms with Crippen LogP contribution in [0.15, 0.2) is 243 Å². The van der Waals surface area contributed by atoms with Gasteiger partial charge in [0.15, 0.2) is 0 Å². The third-order valence-corrected chi connectivity index (χ3v) is 17.5. The molecule has 5 nitrogen and oxygen atoms in total. The summed E-state index contributed by atoms with van der Waals surface area (Å²) in [7, 11) is 0. The second-order valence-corrected chi connectivity index (χ2v) is 26.4. The topological polar surface area (TPSA) is 35.9 Å². The van der Waals surface area contributed by atoms with Crippen molar-refractivity contribution in [3.8, 4) is 50.9 Å². The van der Waals surface area contributed by atoms with Gasteiger partial charge in [0.25, 0.3) is 6.33 Å². The molecule has 0 atom stereocenters. The third-order valence-electron chi connectivity index (χ3n) is 17.5. The fourth-order valence-corrected chi connectivity index (χ4v) is 12.3. The number of aromatic nitrogens is 4. The van der Waals surface area contributed by atoms with Gasteiger partial charge in [-0.2, -0.15) is 0 Å². The highest BCUT2D eigenvalue weighted by molar-refractivity contribution is 6.10. The van der Waals surface area contributed by atoms with E-state index in [4.69, 9.17) is 9.72 Å². The Hall–Kier alpha value is -9.06. The highest BCUT2D eigenvalue weighted by Gasteiger charge is 2.41. The number of fused-ring (bicyclic) bond motifs is 3. The van der Waals surface area contributed by atoms with E-state index in [0.29, 0.717) is 0 Å². The lowest BCUT2D eigenvalue weighted by atomic mass is 9.73. The van der Waals surface area contributed by atoms with Gasteiger partial charge in [0.05, 0.1) is 33.8 Å². The van der Waals surface area contributed by atoms with Crippen molar-refractivity contribution in [2.24, 2.45) is 0 Å². The number of ether oxygens (including phenoxy) is 1. The molecule has 12 rings (SSSR count). The van der Waals surface area contributed by atoms with Crippen LogP contribution in [0.2, 0.25) is 0 Å². The molecule has 0 unspecified atom stereocenters. The van der Waals surface area contributed by atoms with Crippen molar-refractivity contribution in [1.82, 2.24) is 14.1 Å². The first-order valence-electron chi connectivity index (χ1n) is 29.6. The molecule has 3 heterocycles. The van der Waals surface area contributed by atoms with Crippen molar-refractivity contribution in [1.29, 1.82) is 0 Å². The summed E-state index contributed by atoms with van der Waals surface area (Å²) in [6.07, 6.45) is 6.11. The van der Waals surface area contributed by atoms with Gasteiger partial charge in [-0.25, -0.2) is 4.98 Å². The maximum absolute atomic E-state index is 7.30. The fraction of sp³-hybridized carbons (Fsp3) is 0.215. The zero-order valence-corrected chi connectivity index (χ0v) is 50.8. The molecule has 0 N–H and O–H groups in total. The smallest absolute Gasteiger partial charge is 0.269 e. The second kappa shape index (κ2) is 21.3. The van der Waals surface area contributed by atoms with E-state index < -0.39 is 10.8 Å². The van der Waals surface area contributed by atoms with E-state index in [2.05, 4.69) is 340 Å². The molecule has 84 heavy (non-hydrogen) atoms. The Bertz CT molecular complexity index is 4340. The van der Waals surface area contributed by atoms with Gasteiger partial charge < -0.3 is 4.74 Å². The molecule has 0 saturated carbocycles. The predicted octanol–water partition coefficient (Wildman–Crippen LogP) is 19.7. The Morgan fingerprint density at radius 3 is 1.54 bits per heavy atom. The molecular weight excluding hydrogens is 1020 g/mol. The molecule has 0 aliphatic carbocycles. The Balaban J connectivity index is 1.11. The molecule has 5 heteroatoms. The number of rotatable bonds is 13. The van der Waals surface area contributed by atoms with Crippen molar-refractivity contribution in [3.05, 3.63) is 294 Å². The molecule has 0 spiro atoms. The summed E-state index contributed by atoms with van der Waals surface area (Å²) in [4.78, 5) is 5.06. The normalized spacial score (nSPS) is 12.5. The Morgan fingerprint density at radius 1 is 0.381 bits per heavy atom. The number of nitrogens with zero attached hydrogens (tertiary/aromatic N) is 4. The summed E-state index contributed by atoms with van der Waals surface area (Å²) in [6.45, 7) is 27.8. The van der Waals surface area contributed by atoms with Crippen LogP contribution in [0.1, 0.15) is 128 Å². The van der Waals surface area contributed by atoms with Crippen molar-refractivity contribution < 1.29 is 9.30 Å². The van der Waals surface area contributed by atoms with E-state index in [1.165, 1.54) is 38.9 Å². The number of benzene rings is 9. The van der Waals surface area contributed by atoms with Crippen LogP contribution < -0.4 is 9.30 Å². The number of hydrogen-bond donors (Lipinski definition) is 0. The van der Waals surface area contributed by atoms with Gasteiger partial charge in [0.2, 0.25) is 0 Å². The highest BCUT2D eigenvalue weighted by atomic mass is 16.5. The largest absolute Gasteiger partial charge is 0.458 e. The minimum atomic E-state index is -0.552. The Labute approximate surface area is 497 Å². The summed E-state index contributed by atoms with van der Waals surface area (Å²) in [5.74, 6) is 2.33. The Morgan fingerprint density at radius 2 is 0.940 bits per heavy atom. The van der Waals surface area contributed by atoms with Crippen molar-refractivity contribution in [2.75, 3.05) is 0 Å². The maximum atomic E-state index is 7.30. The molecule has 0 amide bonds. The van der Waals surface area contributed by atoms with Crippen LogP contribution >= 0.6 is 0 Å². The standard InChI is InChI=1S/C79H76N4O/c1-75(2,3)61-42-43-80-72(50-61)83-70-41-38-56(54-28-18-13-19-29-54)46-69(70)68-40-39-66(52-71(68)83)84-67-49-62(76(4,5)6)47-65(51-67)82-53-81(73(78(9,10)59-34-24-16-25-35-59)74(82)79(11,12)60-36-26-17-27-37-60)64-45-57(55-30-20-14-21-31-55)44-63(48-64)77(7,8)58-32-22-15-23-33-58/h13-52H,1-12H3. The third kappa shape index (κ3) is 10.4. The lowest BCUT2D eigenvalue weighted by Gasteiger charge is -2.35. The van der Waals surface area contributed by atoms with Crippen LogP contribution in [0, 0.1) is 6.33 Å². The first kappa shape index (κ1) is 55.5. The highest BCUT2D eigenvalue weighted by Crippen LogP contribution is 2.45. The molecule has 418 valence electrons. The summed E-state index contributed by atoms with van der Waals surface area (Å²) < 4.78 is 14.3. The fourth-order valence-electron chi connectivity index (χ4n) is 12.3. The molecule has 0 bridgehead atoms. The SMILES string of the molecule is CC(C)(C)c1cc(Oc2ccc3c4cc(-c5ccccc5)ccc4n(-c4cc(C(C)(C)C)ccn4)c3c2)cc(-n2[c-][n+](-c3cc(-c4ccccc4)cc(C(C)(C)c4ccccc4)c3)c(C(C)(C)c3ccccc3)c2C(C)(C)c2ccccc2)c1. The van der Waals surface area contributed by atoms with E-state index in [-0.39, 0.29) is 16.2 Å². The molecule has 0 fully saturated rings. The van der Waals surface area contributed by atoms with Crippen LogP contribution in [0.4, 0.5) is 0 Å². The molecule has 0 radical (unpaired) electrons. The second-order valence-electron chi connectivity index (χ2n) is 26.4. The van der Waals surface area contributed by atoms with Crippen molar-refractivity contribution >= 4 is 21.8 Å². The Kier molecular flexibility index (Phi) is 14.1. The number of hydrogen-bond acceptors (Lipinski definition) is 2. The quantitative estimate of drug-likeness (QED) is 0.0852. The van der Waals surface area contributed by atoms with Gasteiger partial charge in [-0.05, 0) is 133 Å². The molecule has 12 aromatic rings. The van der Waals surface area contributed by atoms with E-state index in [9.17, 15) is 0 Å². The van der Waals surface area contributed by atoms with Gasteiger partial charge in [0.1, 0.15) is 17.3 Å². The van der Waals surface area contributed by atoms with Gasteiger partial charge in [-0.3, -0.25) is 13.7 Å². The van der Waals surface area contributed by atoms with Crippen LogP contribution in [-0.2, 0) is 27.1 Å². The monoisotopic (exact) mass is 1100 g/mol. The first-order chi connectivity index (χ1) is 40.2. The predicted molar refractivity (Wildman–Crippen MR) is 349 cm³/mol. The first-order valence-corrected chi connectivity index (χ1v) is 29.6. The molecular formula is C79H76N4O. The van der Waals surface area contributed by atoms with Gasteiger partial charge in [-0.1, -0.05) is 247 Å². The molecule has 3 aromatic heterocycles. The van der Waals surface area contributed by atoms with Gasteiger partial charge in [0, 0.05) is 39.3 Å². The molecule has 9 aromatic carbocycles. The number of pyridine rings is 1. The van der Waals surface area contributed by atoms with Crippen LogP contribution in [0.5, 0.6) is 11.5 Å². The lowest BCUT2D eigenvalue weighted by Crippen LogP contribution is -2.43. The average Bonchev–Trinajstić information content (AvgIpc) is 1.67. The van der Waals surface area contributed by atoms with Crippen LogP contribution in [0.3, 0.4) is 0 Å². The zero-order valence-electron chi connectivity index (χ0n) is 50.8.